The van der Waals surface area contributed by atoms with Gasteiger partial charge in [0.15, 0.2) is 0 Å². The van der Waals surface area contributed by atoms with Crippen LogP contribution in [-0.4, -0.2) is 36.0 Å². The van der Waals surface area contributed by atoms with Gasteiger partial charge in [0.1, 0.15) is 13.2 Å². The summed E-state index contributed by atoms with van der Waals surface area (Å²) in [4.78, 5) is 26.3. The van der Waals surface area contributed by atoms with E-state index in [-0.39, 0.29) is 19.1 Å². The molecule has 5 nitrogen and oxygen atoms in total. The minimum atomic E-state index is -0.538. The lowest BCUT2D eigenvalue weighted by Gasteiger charge is -2.44. The fraction of sp³-hybridized carbons (Fsp3) is 0.579. The van der Waals surface area contributed by atoms with Crippen molar-refractivity contribution in [2.75, 3.05) is 13.1 Å². The minimum Gasteiger partial charge on any atom is -0.445 e. The van der Waals surface area contributed by atoms with Crippen LogP contribution in [0.1, 0.15) is 44.1 Å². The number of carbonyl (C=O) groups excluding carboxylic acids is 2. The monoisotopic (exact) mass is 330 g/mol. The average molecular weight is 330 g/mol. The van der Waals surface area contributed by atoms with E-state index in [0.29, 0.717) is 12.0 Å². The quantitative estimate of drug-likeness (QED) is 0.923. The van der Waals surface area contributed by atoms with Crippen LogP contribution in [0.15, 0.2) is 30.3 Å². The van der Waals surface area contributed by atoms with Crippen LogP contribution in [0.3, 0.4) is 0 Å². The lowest BCUT2D eigenvalue weighted by molar-refractivity contribution is -0.136. The highest BCUT2D eigenvalue weighted by atomic mass is 16.5. The predicted molar refractivity (Wildman–Crippen MR) is 91.3 cm³/mol. The first-order chi connectivity index (χ1) is 11.7. The number of hydrogen-bond donors (Lipinski definition) is 1. The maximum Gasteiger partial charge on any atom is 0.407 e. The second-order valence-corrected chi connectivity index (χ2v) is 6.76. The Morgan fingerprint density at radius 1 is 1.08 bits per heavy atom. The van der Waals surface area contributed by atoms with Gasteiger partial charge in [-0.25, -0.2) is 4.79 Å². The highest BCUT2D eigenvalue weighted by Crippen LogP contribution is 2.35. The molecule has 0 bridgehead atoms. The van der Waals surface area contributed by atoms with Crippen molar-refractivity contribution in [1.82, 2.24) is 10.2 Å². The summed E-state index contributed by atoms with van der Waals surface area (Å²) in [5.41, 5.74) is 0.931. The summed E-state index contributed by atoms with van der Waals surface area (Å²) in [6.45, 7) is 1.06. The average Bonchev–Trinajstić information content (AvgIpc) is 2.64. The first-order valence-corrected chi connectivity index (χ1v) is 8.98. The molecule has 2 amide bonds. The molecule has 1 N–H and O–H groups in total. The Hall–Kier alpha value is -2.04. The van der Waals surface area contributed by atoms with Gasteiger partial charge in [-0.15, -0.1) is 0 Å². The summed E-state index contributed by atoms with van der Waals surface area (Å²) in [5, 5.41) is 2.59. The van der Waals surface area contributed by atoms with Crippen molar-refractivity contribution < 1.29 is 14.3 Å². The van der Waals surface area contributed by atoms with Gasteiger partial charge in [0.25, 0.3) is 0 Å². The number of piperidine rings is 1. The lowest BCUT2D eigenvalue weighted by atomic mass is 9.78. The molecule has 5 heteroatoms. The van der Waals surface area contributed by atoms with Crippen LogP contribution < -0.4 is 5.32 Å². The summed E-state index contributed by atoms with van der Waals surface area (Å²) >= 11 is 0. The van der Waals surface area contributed by atoms with Crippen molar-refractivity contribution in [1.29, 1.82) is 0 Å². The zero-order valence-corrected chi connectivity index (χ0v) is 14.1. The van der Waals surface area contributed by atoms with E-state index in [1.54, 1.807) is 0 Å². The maximum atomic E-state index is 12.5. The first kappa shape index (κ1) is 16.8. The number of nitrogens with zero attached hydrogens (tertiary/aromatic N) is 1. The number of alkyl carbamates (subject to hydrolysis) is 1. The summed E-state index contributed by atoms with van der Waals surface area (Å²) in [6, 6.07) is 9.89. The summed E-state index contributed by atoms with van der Waals surface area (Å²) in [6.07, 6.45) is 6.61. The number of fused-ring (bicyclic) bond motifs is 1. The number of hydrogen-bond acceptors (Lipinski definition) is 3. The molecular weight excluding hydrogens is 304 g/mol. The van der Waals surface area contributed by atoms with E-state index in [1.165, 1.54) is 25.7 Å². The molecule has 1 aliphatic carbocycles. The van der Waals surface area contributed by atoms with Crippen molar-refractivity contribution in [3.63, 3.8) is 0 Å². The fourth-order valence-electron chi connectivity index (χ4n) is 3.96. The van der Waals surface area contributed by atoms with E-state index in [9.17, 15) is 9.59 Å². The lowest BCUT2D eigenvalue weighted by Crippen LogP contribution is -2.52. The fourth-order valence-corrected chi connectivity index (χ4v) is 3.96. The third-order valence-electron chi connectivity index (χ3n) is 5.16. The Morgan fingerprint density at radius 2 is 1.83 bits per heavy atom. The molecule has 1 saturated heterocycles. The number of nitrogens with one attached hydrogen (secondary N) is 1. The van der Waals surface area contributed by atoms with Crippen LogP contribution in [0.2, 0.25) is 0 Å². The number of amides is 2. The van der Waals surface area contributed by atoms with Crippen LogP contribution in [0, 0.1) is 5.92 Å². The van der Waals surface area contributed by atoms with E-state index in [4.69, 9.17) is 4.74 Å². The summed E-state index contributed by atoms with van der Waals surface area (Å²) in [7, 11) is 0. The number of ether oxygens (including phenoxy) is 1. The van der Waals surface area contributed by atoms with Crippen molar-refractivity contribution in [3.8, 4) is 0 Å². The van der Waals surface area contributed by atoms with Gasteiger partial charge in [-0.05, 0) is 37.2 Å². The molecular formula is C19H26N2O3. The van der Waals surface area contributed by atoms with Crippen LogP contribution in [0.25, 0.3) is 0 Å². The van der Waals surface area contributed by atoms with E-state index in [0.717, 1.165) is 24.9 Å². The van der Waals surface area contributed by atoms with E-state index >= 15 is 0 Å². The standard InChI is InChI=1S/C19H26N2O3/c22-18(21-12-6-10-16-9-4-5-11-17(16)21)13-20-19(23)24-14-15-7-2-1-3-8-15/h1-3,7-8,16-17H,4-6,9-14H2,(H,20,23). The maximum absolute atomic E-state index is 12.5. The molecule has 1 heterocycles. The van der Waals surface area contributed by atoms with Gasteiger partial charge in [0.05, 0.1) is 0 Å². The van der Waals surface area contributed by atoms with Crippen molar-refractivity contribution in [2.45, 2.75) is 51.2 Å². The Labute approximate surface area is 143 Å². The Bertz CT molecular complexity index is 559. The molecule has 2 unspecified atom stereocenters. The van der Waals surface area contributed by atoms with Crippen LogP contribution in [0.4, 0.5) is 4.79 Å². The molecule has 1 aromatic rings. The largest absolute Gasteiger partial charge is 0.445 e. The van der Waals surface area contributed by atoms with E-state index in [2.05, 4.69) is 5.32 Å². The highest BCUT2D eigenvalue weighted by Gasteiger charge is 2.35. The van der Waals surface area contributed by atoms with Gasteiger partial charge in [0.2, 0.25) is 5.91 Å². The topological polar surface area (TPSA) is 58.6 Å². The molecule has 0 radical (unpaired) electrons. The molecule has 1 aromatic carbocycles. The first-order valence-electron chi connectivity index (χ1n) is 8.98. The predicted octanol–water partition coefficient (Wildman–Crippen LogP) is 3.09. The second kappa shape index (κ2) is 8.18. The summed E-state index contributed by atoms with van der Waals surface area (Å²) in [5.74, 6) is 0.671. The van der Waals surface area contributed by atoms with Gasteiger partial charge in [-0.3, -0.25) is 4.79 Å². The number of likely N-dealkylation sites (tertiary alicyclic amines) is 1. The van der Waals surface area contributed by atoms with Crippen molar-refractivity contribution >= 4 is 12.0 Å². The van der Waals surface area contributed by atoms with Crippen LogP contribution >= 0.6 is 0 Å². The van der Waals surface area contributed by atoms with Crippen molar-refractivity contribution in [3.05, 3.63) is 35.9 Å². The van der Waals surface area contributed by atoms with Crippen LogP contribution in [0.5, 0.6) is 0 Å². The third kappa shape index (κ3) is 4.28. The van der Waals surface area contributed by atoms with Gasteiger partial charge in [-0.1, -0.05) is 43.2 Å². The molecule has 2 fully saturated rings. The van der Waals surface area contributed by atoms with Gasteiger partial charge in [-0.2, -0.15) is 0 Å². The SMILES string of the molecule is O=C(NCC(=O)N1CCCC2CCCCC21)OCc1ccccc1. The zero-order valence-electron chi connectivity index (χ0n) is 14.1. The Kier molecular flexibility index (Phi) is 5.72. The van der Waals surface area contributed by atoms with Gasteiger partial charge in [0, 0.05) is 12.6 Å². The minimum absolute atomic E-state index is 0.0169. The molecule has 130 valence electrons. The molecule has 1 aliphatic heterocycles. The van der Waals surface area contributed by atoms with Crippen molar-refractivity contribution in [2.24, 2.45) is 5.92 Å². The molecule has 2 atom stereocenters. The zero-order chi connectivity index (χ0) is 16.8. The van der Waals surface area contributed by atoms with Gasteiger partial charge < -0.3 is 15.0 Å². The molecule has 0 spiro atoms. The van der Waals surface area contributed by atoms with E-state index < -0.39 is 6.09 Å². The number of rotatable bonds is 4. The second-order valence-electron chi connectivity index (χ2n) is 6.76. The summed E-state index contributed by atoms with van der Waals surface area (Å²) < 4.78 is 5.15. The normalized spacial score (nSPS) is 23.2. The van der Waals surface area contributed by atoms with Gasteiger partial charge >= 0.3 is 6.09 Å². The molecule has 0 aromatic heterocycles. The molecule has 24 heavy (non-hydrogen) atoms. The number of benzene rings is 1. The van der Waals surface area contributed by atoms with E-state index in [1.807, 2.05) is 35.2 Å². The molecule has 1 saturated carbocycles. The number of carbonyl (C=O) groups is 2. The van der Waals surface area contributed by atoms with Crippen LogP contribution in [-0.2, 0) is 16.1 Å². The Balaban J connectivity index is 1.43. The highest BCUT2D eigenvalue weighted by molar-refractivity contribution is 5.82. The third-order valence-corrected chi connectivity index (χ3v) is 5.16. The molecule has 2 aliphatic rings. The smallest absolute Gasteiger partial charge is 0.407 e. The Morgan fingerprint density at radius 3 is 2.67 bits per heavy atom. The molecule has 3 rings (SSSR count).